The maximum atomic E-state index is 9.99. The standard InChI is InChI=1S/C19H21NO/c21-18-8-4-7-15-16(18)11-12-17(15)20-19(14-9-10-14)13-5-2-1-3-6-13/h1-8,14,17,19-21H,9-12H2. The van der Waals surface area contributed by atoms with Crippen molar-refractivity contribution in [2.45, 2.75) is 37.8 Å². The summed E-state index contributed by atoms with van der Waals surface area (Å²) >= 11 is 0. The van der Waals surface area contributed by atoms with Crippen LogP contribution in [0.1, 0.15) is 48.0 Å². The van der Waals surface area contributed by atoms with Gasteiger partial charge >= 0.3 is 0 Å². The topological polar surface area (TPSA) is 32.3 Å². The lowest BCUT2D eigenvalue weighted by Gasteiger charge is -2.24. The maximum absolute atomic E-state index is 9.99. The number of rotatable bonds is 4. The number of phenols is 1. The molecule has 0 bridgehead atoms. The van der Waals surface area contributed by atoms with Crippen LogP contribution in [-0.2, 0) is 6.42 Å². The molecule has 0 radical (unpaired) electrons. The number of benzene rings is 2. The molecule has 0 aliphatic heterocycles. The summed E-state index contributed by atoms with van der Waals surface area (Å²) < 4.78 is 0. The summed E-state index contributed by atoms with van der Waals surface area (Å²) in [5.41, 5.74) is 3.82. The molecule has 0 aromatic heterocycles. The molecule has 2 heteroatoms. The minimum absolute atomic E-state index is 0.373. The van der Waals surface area contributed by atoms with Crippen LogP contribution in [0.5, 0.6) is 5.75 Å². The lowest BCUT2D eigenvalue weighted by atomic mass is 9.99. The van der Waals surface area contributed by atoms with Crippen LogP contribution in [0.3, 0.4) is 0 Å². The summed E-state index contributed by atoms with van der Waals surface area (Å²) in [5.74, 6) is 1.23. The Morgan fingerprint density at radius 1 is 0.952 bits per heavy atom. The second-order valence-electron chi connectivity index (χ2n) is 6.33. The number of hydrogen-bond donors (Lipinski definition) is 2. The molecule has 108 valence electrons. The van der Waals surface area contributed by atoms with Gasteiger partial charge in [0.05, 0.1) is 0 Å². The molecule has 2 aliphatic carbocycles. The average Bonchev–Trinajstić information content (AvgIpc) is 3.27. The molecule has 0 saturated heterocycles. The first-order chi connectivity index (χ1) is 10.3. The molecule has 1 fully saturated rings. The van der Waals surface area contributed by atoms with Crippen LogP contribution in [0.25, 0.3) is 0 Å². The number of fused-ring (bicyclic) bond motifs is 1. The van der Waals surface area contributed by atoms with Gasteiger partial charge in [-0.15, -0.1) is 0 Å². The van der Waals surface area contributed by atoms with Crippen molar-refractivity contribution >= 4 is 0 Å². The van der Waals surface area contributed by atoms with Crippen molar-refractivity contribution in [3.05, 3.63) is 65.2 Å². The fourth-order valence-electron chi connectivity index (χ4n) is 3.62. The number of phenolic OH excluding ortho intramolecular Hbond substituents is 1. The van der Waals surface area contributed by atoms with E-state index in [0.29, 0.717) is 17.8 Å². The highest BCUT2D eigenvalue weighted by molar-refractivity contribution is 5.44. The highest BCUT2D eigenvalue weighted by Crippen LogP contribution is 2.44. The van der Waals surface area contributed by atoms with Crippen molar-refractivity contribution in [2.24, 2.45) is 5.92 Å². The van der Waals surface area contributed by atoms with Crippen molar-refractivity contribution in [3.63, 3.8) is 0 Å². The molecule has 0 heterocycles. The molecule has 2 aromatic carbocycles. The van der Waals surface area contributed by atoms with Crippen LogP contribution in [0.15, 0.2) is 48.5 Å². The Hall–Kier alpha value is -1.80. The zero-order valence-electron chi connectivity index (χ0n) is 12.1. The quantitative estimate of drug-likeness (QED) is 0.882. The number of nitrogens with one attached hydrogen (secondary N) is 1. The van der Waals surface area contributed by atoms with Gasteiger partial charge in [0, 0.05) is 12.1 Å². The largest absolute Gasteiger partial charge is 0.508 e. The van der Waals surface area contributed by atoms with Gasteiger partial charge in [-0.05, 0) is 54.4 Å². The molecule has 21 heavy (non-hydrogen) atoms. The van der Waals surface area contributed by atoms with E-state index in [1.54, 1.807) is 6.07 Å². The first-order valence-corrected chi connectivity index (χ1v) is 7.94. The van der Waals surface area contributed by atoms with E-state index in [0.717, 1.165) is 24.3 Å². The van der Waals surface area contributed by atoms with Crippen molar-refractivity contribution in [1.82, 2.24) is 5.32 Å². The van der Waals surface area contributed by atoms with E-state index in [9.17, 15) is 5.11 Å². The normalized spacial score (nSPS) is 22.0. The summed E-state index contributed by atoms with van der Waals surface area (Å²) in [6, 6.07) is 17.5. The van der Waals surface area contributed by atoms with E-state index in [1.165, 1.54) is 24.0 Å². The molecule has 2 aromatic rings. The monoisotopic (exact) mass is 279 g/mol. The molecular weight excluding hydrogens is 258 g/mol. The molecule has 2 atom stereocenters. The third-order valence-electron chi connectivity index (χ3n) is 4.88. The molecule has 1 saturated carbocycles. The van der Waals surface area contributed by atoms with Gasteiger partial charge in [0.25, 0.3) is 0 Å². The van der Waals surface area contributed by atoms with Crippen molar-refractivity contribution in [2.75, 3.05) is 0 Å². The Morgan fingerprint density at radius 3 is 2.52 bits per heavy atom. The van der Waals surface area contributed by atoms with Crippen LogP contribution in [0.2, 0.25) is 0 Å². The lowest BCUT2D eigenvalue weighted by Crippen LogP contribution is -2.26. The molecule has 0 amide bonds. The van der Waals surface area contributed by atoms with Crippen LogP contribution >= 0.6 is 0 Å². The minimum atomic E-state index is 0.373. The Balaban J connectivity index is 1.60. The van der Waals surface area contributed by atoms with Crippen LogP contribution in [0, 0.1) is 5.92 Å². The summed E-state index contributed by atoms with van der Waals surface area (Å²) in [4.78, 5) is 0. The maximum Gasteiger partial charge on any atom is 0.119 e. The van der Waals surface area contributed by atoms with Gasteiger partial charge in [0.15, 0.2) is 0 Å². The van der Waals surface area contributed by atoms with Gasteiger partial charge in [-0.1, -0.05) is 42.5 Å². The predicted octanol–water partition coefficient (Wildman–Crippen LogP) is 4.12. The zero-order chi connectivity index (χ0) is 14.2. The van der Waals surface area contributed by atoms with Gasteiger partial charge < -0.3 is 10.4 Å². The Bertz CT molecular complexity index is 633. The predicted molar refractivity (Wildman–Crippen MR) is 84.2 cm³/mol. The fraction of sp³-hybridized carbons (Fsp3) is 0.368. The summed E-state index contributed by atoms with van der Waals surface area (Å²) in [6.07, 6.45) is 4.72. The molecule has 2 unspecified atom stereocenters. The zero-order valence-corrected chi connectivity index (χ0v) is 12.1. The molecule has 2 aliphatic rings. The molecule has 2 N–H and O–H groups in total. The third-order valence-corrected chi connectivity index (χ3v) is 4.88. The molecule has 4 rings (SSSR count). The molecule has 0 spiro atoms. The van der Waals surface area contributed by atoms with Crippen molar-refractivity contribution in [3.8, 4) is 5.75 Å². The summed E-state index contributed by atoms with van der Waals surface area (Å²) in [5, 5.41) is 13.9. The van der Waals surface area contributed by atoms with Crippen molar-refractivity contribution < 1.29 is 5.11 Å². The second-order valence-corrected chi connectivity index (χ2v) is 6.33. The van der Waals surface area contributed by atoms with Gasteiger partial charge in [-0.3, -0.25) is 0 Å². The van der Waals surface area contributed by atoms with E-state index in [2.05, 4.69) is 41.7 Å². The van der Waals surface area contributed by atoms with E-state index in [4.69, 9.17) is 0 Å². The van der Waals surface area contributed by atoms with E-state index < -0.39 is 0 Å². The van der Waals surface area contributed by atoms with Gasteiger partial charge in [-0.2, -0.15) is 0 Å². The van der Waals surface area contributed by atoms with Gasteiger partial charge in [-0.25, -0.2) is 0 Å². The fourth-order valence-corrected chi connectivity index (χ4v) is 3.62. The lowest BCUT2D eigenvalue weighted by molar-refractivity contribution is 0.408. The van der Waals surface area contributed by atoms with Crippen LogP contribution < -0.4 is 5.32 Å². The number of aromatic hydroxyl groups is 1. The first kappa shape index (κ1) is 12.9. The van der Waals surface area contributed by atoms with E-state index in [1.807, 2.05) is 6.07 Å². The van der Waals surface area contributed by atoms with Gasteiger partial charge in [0.1, 0.15) is 5.75 Å². The van der Waals surface area contributed by atoms with E-state index in [-0.39, 0.29) is 0 Å². The Kier molecular flexibility index (Phi) is 3.19. The first-order valence-electron chi connectivity index (χ1n) is 7.94. The van der Waals surface area contributed by atoms with Crippen molar-refractivity contribution in [1.29, 1.82) is 0 Å². The van der Waals surface area contributed by atoms with Crippen LogP contribution in [0.4, 0.5) is 0 Å². The Morgan fingerprint density at radius 2 is 1.76 bits per heavy atom. The van der Waals surface area contributed by atoms with E-state index >= 15 is 0 Å². The molecule has 2 nitrogen and oxygen atoms in total. The highest BCUT2D eigenvalue weighted by Gasteiger charge is 2.35. The minimum Gasteiger partial charge on any atom is -0.508 e. The second kappa shape index (κ2) is 5.19. The number of hydrogen-bond acceptors (Lipinski definition) is 2. The summed E-state index contributed by atoms with van der Waals surface area (Å²) in [7, 11) is 0. The SMILES string of the molecule is Oc1cccc2c1CCC2NC(c1ccccc1)C1CC1. The third kappa shape index (κ3) is 2.44. The molecular formula is C19H21NO. The highest BCUT2D eigenvalue weighted by atomic mass is 16.3. The summed E-state index contributed by atoms with van der Waals surface area (Å²) in [6.45, 7) is 0. The smallest absolute Gasteiger partial charge is 0.119 e. The van der Waals surface area contributed by atoms with Crippen LogP contribution in [-0.4, -0.2) is 5.11 Å². The van der Waals surface area contributed by atoms with Gasteiger partial charge in [0.2, 0.25) is 0 Å². The Labute approximate surface area is 125 Å². The average molecular weight is 279 g/mol.